The quantitative estimate of drug-likeness (QED) is 0.0943. The van der Waals surface area contributed by atoms with Crippen molar-refractivity contribution in [3.8, 4) is 34.3 Å². The van der Waals surface area contributed by atoms with Gasteiger partial charge in [-0.1, -0.05) is 38.1 Å². The van der Waals surface area contributed by atoms with Crippen LogP contribution in [-0.2, 0) is 11.3 Å². The van der Waals surface area contributed by atoms with Crippen LogP contribution in [0.4, 0.5) is 34.5 Å². The van der Waals surface area contributed by atoms with Gasteiger partial charge in [-0.3, -0.25) is 19.4 Å². The molecule has 4 N–H and O–H groups in total. The molecule has 73 heavy (non-hydrogen) atoms. The minimum absolute atomic E-state index is 0. The molecule has 0 unspecified atom stereocenters. The number of para-hydroxylation sites is 1. The largest absolute Gasteiger partial charge is 0.508 e. The highest BCUT2D eigenvalue weighted by atomic mass is 35.5. The summed E-state index contributed by atoms with van der Waals surface area (Å²) in [5, 5.41) is 31.2. The third-order valence-corrected chi connectivity index (χ3v) is 14.9. The number of aromatic hydroxyl groups is 2. The van der Waals surface area contributed by atoms with E-state index >= 15 is 0 Å². The van der Waals surface area contributed by atoms with Crippen LogP contribution < -0.4 is 30.4 Å². The molecular weight excluding hydrogens is 948 g/mol. The predicted molar refractivity (Wildman–Crippen MR) is 286 cm³/mol. The van der Waals surface area contributed by atoms with E-state index in [2.05, 4.69) is 46.2 Å². The Morgan fingerprint density at radius 3 is 2.23 bits per heavy atom. The molecule has 4 aromatic carbocycles. The number of hydrogen-bond acceptors (Lipinski definition) is 14. The number of rotatable bonds is 12. The number of amides is 2. The zero-order chi connectivity index (χ0) is 50.2. The highest BCUT2D eigenvalue weighted by Gasteiger charge is 2.34. The second kappa shape index (κ2) is 21.5. The maximum absolute atomic E-state index is 13.9. The second-order valence-electron chi connectivity index (χ2n) is 19.6. The van der Waals surface area contributed by atoms with Gasteiger partial charge in [-0.05, 0) is 92.1 Å². The number of nitrogens with zero attached hydrogens (tertiary/aromatic N) is 10. The Labute approximate surface area is 431 Å². The molecule has 0 radical (unpaired) electrons. The van der Waals surface area contributed by atoms with Crippen molar-refractivity contribution in [1.29, 1.82) is 0 Å². The molecule has 3 fully saturated rings. The highest BCUT2D eigenvalue weighted by Crippen LogP contribution is 2.41. The topological polar surface area (TPSA) is 192 Å². The van der Waals surface area contributed by atoms with Gasteiger partial charge in [0.2, 0.25) is 11.9 Å². The average Bonchev–Trinajstić information content (AvgIpc) is 3.76. The Morgan fingerprint density at radius 2 is 1.52 bits per heavy atom. The number of anilines is 6. The summed E-state index contributed by atoms with van der Waals surface area (Å²) in [5.41, 5.74) is 6.13. The number of ether oxygens (including phenoxy) is 1. The summed E-state index contributed by atoms with van der Waals surface area (Å²) in [6, 6.07) is 24.9. The van der Waals surface area contributed by atoms with E-state index in [1.165, 1.54) is 10.6 Å². The van der Waals surface area contributed by atoms with Crippen molar-refractivity contribution in [2.75, 3.05) is 93.1 Å². The summed E-state index contributed by atoms with van der Waals surface area (Å²) < 4.78 is 7.58. The molecule has 6 aromatic rings. The number of fused-ring (bicyclic) bond motifs is 2. The number of aromatic nitrogens is 5. The lowest BCUT2D eigenvalue weighted by molar-refractivity contribution is -0.137. The molecule has 0 bridgehead atoms. The molecule has 384 valence electrons. The Balaban J connectivity index is 0.00000656. The smallest absolute Gasteiger partial charge is 0.348 e. The van der Waals surface area contributed by atoms with Crippen molar-refractivity contribution < 1.29 is 24.5 Å². The molecule has 0 aliphatic carbocycles. The fourth-order valence-corrected chi connectivity index (χ4v) is 10.8. The molecule has 19 heteroatoms. The number of benzene rings is 4. The van der Waals surface area contributed by atoms with E-state index in [1.54, 1.807) is 24.2 Å². The van der Waals surface area contributed by atoms with Gasteiger partial charge in [-0.15, -0.1) is 12.4 Å². The third-order valence-electron chi connectivity index (χ3n) is 14.9. The monoisotopic (exact) mass is 1010 g/mol. The Bertz CT molecular complexity index is 3010. The molecule has 2 aromatic heterocycles. The number of phenols is 2. The molecule has 4 aliphatic heterocycles. The number of piperidine rings is 2. The lowest BCUT2D eigenvalue weighted by atomic mass is 9.93. The lowest BCUT2D eigenvalue weighted by Gasteiger charge is -2.43. The van der Waals surface area contributed by atoms with Crippen LogP contribution in [0.5, 0.6) is 17.2 Å². The minimum atomic E-state index is -0.417. The molecule has 0 spiro atoms. The molecule has 0 atom stereocenters. The number of likely N-dealkylation sites (tertiary alicyclic amines) is 1. The first kappa shape index (κ1) is 50.8. The fraction of sp³-hybridized carbons (Fsp3) is 0.407. The van der Waals surface area contributed by atoms with E-state index in [-0.39, 0.29) is 53.4 Å². The summed E-state index contributed by atoms with van der Waals surface area (Å²) in [6.45, 7) is 14.2. The van der Waals surface area contributed by atoms with Crippen molar-refractivity contribution in [3.63, 3.8) is 0 Å². The Hall–Kier alpha value is -7.15. The molecule has 0 saturated carbocycles. The van der Waals surface area contributed by atoms with Crippen molar-refractivity contribution in [2.24, 2.45) is 5.92 Å². The Morgan fingerprint density at radius 1 is 0.808 bits per heavy atom. The first-order valence-corrected chi connectivity index (χ1v) is 25.2. The second-order valence-corrected chi connectivity index (χ2v) is 19.6. The van der Waals surface area contributed by atoms with Gasteiger partial charge < -0.3 is 39.9 Å². The van der Waals surface area contributed by atoms with Crippen LogP contribution in [0.3, 0.4) is 0 Å². The van der Waals surface area contributed by atoms with Gasteiger partial charge in [0.25, 0.3) is 5.91 Å². The van der Waals surface area contributed by atoms with Crippen molar-refractivity contribution >= 4 is 58.7 Å². The maximum atomic E-state index is 13.9. The van der Waals surface area contributed by atoms with Crippen LogP contribution in [0.1, 0.15) is 73.9 Å². The standard InChI is InChI=1S/C54H64N12O6.ClH/c1-6-72-48-29-39(15-16-43(48)56-53-55-32-45-50(57-53)60(4)44-10-8-7-9-40(44)52(70)61(45)5)63-21-17-36(18-22-63)51(69)65-23-19-37(20-24-65)64-27-25-62(26-28-64)33-35-11-13-38(14-12-35)66-49(58-59-54(66)71)42-30-41(34(2)3)46(67)31-47(42)68;/h7-16,29-32,34,36-37,67-68H,6,17-28,33H2,1-5H3,(H,59,71)(H,55,56,57);1H. The number of piperazine rings is 1. The maximum Gasteiger partial charge on any atom is 0.348 e. The van der Waals surface area contributed by atoms with Gasteiger partial charge in [0, 0.05) is 103 Å². The van der Waals surface area contributed by atoms with Crippen LogP contribution in [0, 0.1) is 5.92 Å². The van der Waals surface area contributed by atoms with E-state index in [4.69, 9.17) is 9.72 Å². The Kier molecular flexibility index (Phi) is 15.0. The number of phenolic OH excluding ortho intramolecular Hbond substituents is 2. The number of hydrogen-bond donors (Lipinski definition) is 4. The summed E-state index contributed by atoms with van der Waals surface area (Å²) in [4.78, 5) is 62.6. The van der Waals surface area contributed by atoms with Crippen LogP contribution >= 0.6 is 12.4 Å². The molecule has 2 amide bonds. The first-order chi connectivity index (χ1) is 34.8. The molecule has 6 heterocycles. The number of nitrogens with one attached hydrogen (secondary N) is 2. The number of aromatic amines is 1. The molecule has 18 nitrogen and oxygen atoms in total. The summed E-state index contributed by atoms with van der Waals surface area (Å²) in [7, 11) is 3.64. The molecule has 10 rings (SSSR count). The van der Waals surface area contributed by atoms with Crippen molar-refractivity contribution in [2.45, 2.75) is 65.0 Å². The fourth-order valence-electron chi connectivity index (χ4n) is 10.8. The number of halogens is 1. The summed E-state index contributed by atoms with van der Waals surface area (Å²) >= 11 is 0. The van der Waals surface area contributed by atoms with E-state index in [0.717, 1.165) is 107 Å². The average molecular weight is 1010 g/mol. The van der Waals surface area contributed by atoms with Crippen LogP contribution in [0.25, 0.3) is 17.1 Å². The summed E-state index contributed by atoms with van der Waals surface area (Å²) in [5.74, 6) is 1.99. The first-order valence-electron chi connectivity index (χ1n) is 25.2. The van der Waals surface area contributed by atoms with E-state index in [0.29, 0.717) is 58.2 Å². The molecule has 3 saturated heterocycles. The SMILES string of the molecule is CCOc1cc(N2CCC(C(=O)N3CCC(N4CCN(Cc5ccc(-n6c(-c7cc(C(C)C)c(O)cc7O)n[nH]c6=O)cc5)CC4)CC3)CC2)ccc1Nc1ncc2c(n1)N(C)c1ccccc1C(=O)N2C.Cl. The zero-order valence-corrected chi connectivity index (χ0v) is 42.9. The normalized spacial score (nSPS) is 17.0. The number of carbonyl (C=O) groups excluding carboxylic acids is 2. The molecule has 4 aliphatic rings. The number of H-pyrrole nitrogens is 1. The van der Waals surface area contributed by atoms with Crippen LogP contribution in [0.15, 0.2) is 89.9 Å². The van der Waals surface area contributed by atoms with Crippen molar-refractivity contribution in [1.82, 2.24) is 39.4 Å². The van der Waals surface area contributed by atoms with Gasteiger partial charge in [0.15, 0.2) is 11.6 Å². The van der Waals surface area contributed by atoms with Gasteiger partial charge in [0.05, 0.1) is 41.0 Å². The lowest BCUT2D eigenvalue weighted by Crippen LogP contribution is -2.54. The van der Waals surface area contributed by atoms with E-state index in [9.17, 15) is 24.6 Å². The van der Waals surface area contributed by atoms with Gasteiger partial charge in [-0.2, -0.15) is 10.1 Å². The predicted octanol–water partition coefficient (Wildman–Crippen LogP) is 7.50. The zero-order valence-electron chi connectivity index (χ0n) is 42.1. The number of carbonyl (C=O) groups is 2. The minimum Gasteiger partial charge on any atom is -0.508 e. The van der Waals surface area contributed by atoms with Gasteiger partial charge >= 0.3 is 5.69 Å². The third kappa shape index (κ3) is 10.3. The molecular formula is C54H65ClN12O6. The van der Waals surface area contributed by atoms with Crippen molar-refractivity contribution in [3.05, 3.63) is 112 Å². The summed E-state index contributed by atoms with van der Waals surface area (Å²) in [6.07, 6.45) is 5.25. The van der Waals surface area contributed by atoms with E-state index < -0.39 is 5.69 Å². The van der Waals surface area contributed by atoms with Crippen LogP contribution in [-0.4, -0.2) is 141 Å². The highest BCUT2D eigenvalue weighted by molar-refractivity contribution is 6.13. The van der Waals surface area contributed by atoms with Gasteiger partial charge in [0.1, 0.15) is 22.9 Å². The van der Waals surface area contributed by atoms with Crippen LogP contribution in [0.2, 0.25) is 0 Å². The van der Waals surface area contributed by atoms with Gasteiger partial charge in [-0.25, -0.2) is 19.4 Å². The van der Waals surface area contributed by atoms with E-state index in [1.807, 2.05) is 93.4 Å².